The molecule has 134 valence electrons. The maximum atomic E-state index is 12.9. The fourth-order valence-electron chi connectivity index (χ4n) is 2.96. The Morgan fingerprint density at radius 3 is 2.62 bits per heavy atom. The molecule has 0 spiro atoms. The van der Waals surface area contributed by atoms with Crippen molar-refractivity contribution in [2.75, 3.05) is 6.67 Å². The molecule has 3 aromatic rings. The van der Waals surface area contributed by atoms with Crippen LogP contribution < -0.4 is 5.73 Å². The number of fused-ring (bicyclic) bond motifs is 1. The van der Waals surface area contributed by atoms with Crippen molar-refractivity contribution in [2.45, 2.75) is 19.8 Å². The lowest BCUT2D eigenvalue weighted by Gasteiger charge is -2.12. The van der Waals surface area contributed by atoms with Crippen LogP contribution in [0, 0.1) is 11.3 Å². The summed E-state index contributed by atoms with van der Waals surface area (Å²) in [5.74, 6) is -0.814. The fourth-order valence-corrected chi connectivity index (χ4v) is 2.96. The average Bonchev–Trinajstić information content (AvgIpc) is 3.07. The van der Waals surface area contributed by atoms with Crippen LogP contribution in [0.3, 0.4) is 0 Å². The highest BCUT2D eigenvalue weighted by Gasteiger charge is 2.13. The highest BCUT2D eigenvalue weighted by atomic mass is 19.1. The number of hydrogen-bond acceptors (Lipinski definition) is 3. The van der Waals surface area contributed by atoms with E-state index >= 15 is 0 Å². The molecule has 1 amide bonds. The van der Waals surface area contributed by atoms with Crippen LogP contribution in [0.4, 0.5) is 4.39 Å². The molecule has 1 aromatic heterocycles. The van der Waals surface area contributed by atoms with Gasteiger partial charge in [-0.1, -0.05) is 31.2 Å². The smallest absolute Gasteiger partial charge is 0.250 e. The average molecular weight is 352 g/mol. The summed E-state index contributed by atoms with van der Waals surface area (Å²) in [5.41, 5.74) is 8.58. The van der Waals surface area contributed by atoms with Crippen LogP contribution in [0.5, 0.6) is 0 Å². The minimum atomic E-state index is -0.506. The predicted octanol–water partition coefficient (Wildman–Crippen LogP) is 3.68. The van der Waals surface area contributed by atoms with Crippen molar-refractivity contribution in [3.63, 3.8) is 0 Å². The largest absolute Gasteiger partial charge is 0.366 e. The van der Waals surface area contributed by atoms with Gasteiger partial charge in [0.2, 0.25) is 0 Å². The van der Waals surface area contributed by atoms with Gasteiger partial charge in [-0.2, -0.15) is 5.10 Å². The first-order chi connectivity index (χ1) is 12.5. The molecule has 3 N–H and O–H groups in total. The lowest BCUT2D eigenvalue weighted by molar-refractivity contribution is 0.100. The number of nitrogens with two attached hydrogens (primary N) is 1. The van der Waals surface area contributed by atoms with E-state index < -0.39 is 12.6 Å². The van der Waals surface area contributed by atoms with Gasteiger partial charge in [-0.15, -0.1) is 0 Å². The number of rotatable bonds is 7. The summed E-state index contributed by atoms with van der Waals surface area (Å²) in [6.07, 6.45) is 2.92. The third kappa shape index (κ3) is 3.49. The molecular weight excluding hydrogens is 331 g/mol. The molecule has 0 fully saturated rings. The van der Waals surface area contributed by atoms with Crippen molar-refractivity contribution in [2.24, 2.45) is 11.7 Å². The van der Waals surface area contributed by atoms with Gasteiger partial charge in [-0.05, 0) is 30.2 Å². The minimum absolute atomic E-state index is 0.307. The number of carbonyl (C=O) groups is 1. The molecule has 0 radical (unpaired) electrons. The molecule has 0 unspecified atom stereocenters. The van der Waals surface area contributed by atoms with E-state index in [9.17, 15) is 9.18 Å². The maximum absolute atomic E-state index is 12.9. The van der Waals surface area contributed by atoms with Gasteiger partial charge in [0.05, 0.1) is 17.9 Å². The van der Waals surface area contributed by atoms with Crippen LogP contribution in [0.1, 0.15) is 29.3 Å². The molecule has 6 heteroatoms. The van der Waals surface area contributed by atoms with Crippen molar-refractivity contribution < 1.29 is 9.18 Å². The lowest BCUT2D eigenvalue weighted by atomic mass is 9.96. The van der Waals surface area contributed by atoms with E-state index in [4.69, 9.17) is 11.1 Å². The summed E-state index contributed by atoms with van der Waals surface area (Å²) in [6.45, 7) is 1.40. The molecule has 0 saturated carbocycles. The minimum Gasteiger partial charge on any atom is -0.366 e. The van der Waals surface area contributed by atoms with Crippen LogP contribution >= 0.6 is 0 Å². The zero-order chi connectivity index (χ0) is 18.7. The second-order valence-corrected chi connectivity index (χ2v) is 6.31. The number of benzene rings is 2. The van der Waals surface area contributed by atoms with E-state index in [-0.39, 0.29) is 5.92 Å². The monoisotopic (exact) mass is 352 g/mol. The number of amides is 1. The Morgan fingerprint density at radius 1 is 1.27 bits per heavy atom. The Hall–Kier alpha value is -3.02. The van der Waals surface area contributed by atoms with E-state index in [1.807, 2.05) is 43.5 Å². The predicted molar refractivity (Wildman–Crippen MR) is 101 cm³/mol. The van der Waals surface area contributed by atoms with Gasteiger partial charge in [0.15, 0.2) is 0 Å². The van der Waals surface area contributed by atoms with Crippen LogP contribution in [0.15, 0.2) is 48.7 Å². The Morgan fingerprint density at radius 2 is 2.00 bits per heavy atom. The fraction of sp³-hybridized carbons (Fsp3) is 0.250. The molecule has 0 saturated heterocycles. The number of nitrogens with zero attached hydrogens (tertiary/aromatic N) is 2. The molecule has 0 aliphatic rings. The molecule has 3 rings (SSSR count). The first kappa shape index (κ1) is 17.8. The summed E-state index contributed by atoms with van der Waals surface area (Å²) in [6, 6.07) is 12.9. The normalized spacial score (nSPS) is 12.2. The number of primary amides is 1. The first-order valence-electron chi connectivity index (χ1n) is 8.54. The summed E-state index contributed by atoms with van der Waals surface area (Å²) in [7, 11) is 0. The van der Waals surface area contributed by atoms with Crippen molar-refractivity contribution in [3.05, 3.63) is 59.8 Å². The Bertz CT molecular complexity index is 942. The zero-order valence-electron chi connectivity index (χ0n) is 14.6. The third-order valence-electron chi connectivity index (χ3n) is 4.57. The zero-order valence-corrected chi connectivity index (χ0v) is 14.6. The van der Waals surface area contributed by atoms with Crippen molar-refractivity contribution in [3.8, 4) is 5.69 Å². The van der Waals surface area contributed by atoms with Crippen LogP contribution in [0.25, 0.3) is 16.6 Å². The van der Waals surface area contributed by atoms with Crippen molar-refractivity contribution in [1.29, 1.82) is 5.41 Å². The molecule has 0 aliphatic carbocycles. The molecule has 0 bridgehead atoms. The van der Waals surface area contributed by atoms with Gasteiger partial charge in [-0.3, -0.25) is 9.18 Å². The summed E-state index contributed by atoms with van der Waals surface area (Å²) in [4.78, 5) is 11.5. The topological polar surface area (TPSA) is 84.8 Å². The molecule has 5 nitrogen and oxygen atoms in total. The molecular formula is C20H21FN4O. The summed E-state index contributed by atoms with van der Waals surface area (Å²) >= 11 is 0. The van der Waals surface area contributed by atoms with E-state index in [0.717, 1.165) is 16.6 Å². The van der Waals surface area contributed by atoms with Gasteiger partial charge >= 0.3 is 0 Å². The van der Waals surface area contributed by atoms with E-state index in [0.29, 0.717) is 29.6 Å². The number of carbonyl (C=O) groups excluding carboxylic acids is 1. The Kier molecular flexibility index (Phi) is 5.11. The molecule has 1 heterocycles. The van der Waals surface area contributed by atoms with Crippen LogP contribution in [0.2, 0.25) is 0 Å². The Balaban J connectivity index is 1.85. The highest BCUT2D eigenvalue weighted by Crippen LogP contribution is 2.20. The summed E-state index contributed by atoms with van der Waals surface area (Å²) < 4.78 is 14.6. The lowest BCUT2D eigenvalue weighted by Crippen LogP contribution is -2.17. The number of aromatic nitrogens is 2. The van der Waals surface area contributed by atoms with Crippen LogP contribution in [-0.4, -0.2) is 28.1 Å². The SMILES string of the molecule is CC[C@@H](CF)C(=N)Cc1ccc(-n2cc3cccc(C(N)=O)c3n2)cc1. The van der Waals surface area contributed by atoms with Crippen LogP contribution in [-0.2, 0) is 6.42 Å². The highest BCUT2D eigenvalue weighted by molar-refractivity contribution is 6.04. The maximum Gasteiger partial charge on any atom is 0.250 e. The number of alkyl halides is 1. The van der Waals surface area contributed by atoms with Gasteiger partial charge in [0, 0.05) is 29.6 Å². The van der Waals surface area contributed by atoms with Gasteiger partial charge in [-0.25, -0.2) is 4.68 Å². The third-order valence-corrected chi connectivity index (χ3v) is 4.57. The van der Waals surface area contributed by atoms with Gasteiger partial charge in [0.1, 0.15) is 5.52 Å². The van der Waals surface area contributed by atoms with E-state index in [2.05, 4.69) is 5.10 Å². The first-order valence-corrected chi connectivity index (χ1v) is 8.54. The van der Waals surface area contributed by atoms with E-state index in [1.54, 1.807) is 16.8 Å². The second kappa shape index (κ2) is 7.47. The van der Waals surface area contributed by atoms with Crippen molar-refractivity contribution >= 4 is 22.5 Å². The number of hydrogen-bond donors (Lipinski definition) is 2. The summed E-state index contributed by atoms with van der Waals surface area (Å²) in [5, 5.41) is 13.3. The standard InChI is InChI=1S/C20H21FN4O/c1-2-14(11-21)18(22)10-13-6-8-16(9-7-13)25-12-15-4-3-5-17(20(23)26)19(15)24-25/h3-9,12,14,22H,2,10-11H2,1H3,(H2,23,26)/t14-/m0/s1. The molecule has 2 aromatic carbocycles. The van der Waals surface area contributed by atoms with Gasteiger partial charge in [0.25, 0.3) is 5.91 Å². The molecule has 26 heavy (non-hydrogen) atoms. The molecule has 0 aliphatic heterocycles. The quantitative estimate of drug-likeness (QED) is 0.636. The second-order valence-electron chi connectivity index (χ2n) is 6.31. The number of nitrogens with one attached hydrogen (secondary N) is 1. The van der Waals surface area contributed by atoms with Gasteiger partial charge < -0.3 is 11.1 Å². The number of halogens is 1. The molecule has 1 atom stereocenters. The Labute approximate surface area is 151 Å². The van der Waals surface area contributed by atoms with Crippen molar-refractivity contribution in [1.82, 2.24) is 9.78 Å². The van der Waals surface area contributed by atoms with E-state index in [1.165, 1.54) is 0 Å².